The Morgan fingerprint density at radius 1 is 0.875 bits per heavy atom. The number of ether oxygens (including phenoxy) is 2. The Morgan fingerprint density at radius 2 is 1.50 bits per heavy atom. The predicted molar refractivity (Wildman–Crippen MR) is 157 cm³/mol. The normalized spacial score (nSPS) is 27.0. The lowest BCUT2D eigenvalue weighted by molar-refractivity contribution is -0.140. The molecule has 214 valence electrons. The van der Waals surface area contributed by atoms with Crippen LogP contribution in [-0.4, -0.2) is 65.4 Å². The molecule has 0 radical (unpaired) electrons. The Bertz CT molecular complexity index is 1200. The first kappa shape index (κ1) is 26.9. The fourth-order valence-electron chi connectivity index (χ4n) is 8.16. The average Bonchev–Trinajstić information content (AvgIpc) is 2.96. The number of piperazine rings is 1. The fourth-order valence-corrected chi connectivity index (χ4v) is 8.16. The monoisotopic (exact) mass is 546 g/mol. The van der Waals surface area contributed by atoms with E-state index in [-0.39, 0.29) is 17.2 Å². The quantitative estimate of drug-likeness (QED) is 0.449. The van der Waals surface area contributed by atoms with Gasteiger partial charge in [0.2, 0.25) is 5.91 Å². The van der Waals surface area contributed by atoms with Gasteiger partial charge in [0.15, 0.2) is 0 Å². The number of hydrogen-bond donors (Lipinski definition) is 2. The zero-order valence-corrected chi connectivity index (χ0v) is 23.8. The minimum absolute atomic E-state index is 0.148. The van der Waals surface area contributed by atoms with Crippen LogP contribution in [0.25, 0.3) is 0 Å². The van der Waals surface area contributed by atoms with Gasteiger partial charge in [-0.05, 0) is 86.6 Å². The molecule has 2 aromatic rings. The van der Waals surface area contributed by atoms with Crippen LogP contribution < -0.4 is 25.2 Å². The Hall–Kier alpha value is -3.26. The van der Waals surface area contributed by atoms with Crippen LogP contribution >= 0.6 is 0 Å². The van der Waals surface area contributed by atoms with E-state index >= 15 is 0 Å². The molecule has 7 rings (SSSR count). The molecule has 4 aliphatic carbocycles. The van der Waals surface area contributed by atoms with Crippen LogP contribution in [0.2, 0.25) is 0 Å². The molecular weight excluding hydrogens is 504 g/mol. The predicted octanol–water partition coefficient (Wildman–Crippen LogP) is 4.55. The molecule has 8 heteroatoms. The van der Waals surface area contributed by atoms with Crippen molar-refractivity contribution in [2.75, 3.05) is 68.7 Å². The number of para-hydroxylation sites is 2. The largest absolute Gasteiger partial charge is 0.495 e. The van der Waals surface area contributed by atoms with Crippen molar-refractivity contribution in [1.29, 1.82) is 0 Å². The molecule has 40 heavy (non-hydrogen) atoms. The van der Waals surface area contributed by atoms with Gasteiger partial charge in [0.05, 0.1) is 30.4 Å². The molecule has 2 N–H and O–H groups in total. The number of amides is 2. The van der Waals surface area contributed by atoms with Gasteiger partial charge in [-0.1, -0.05) is 12.1 Å². The van der Waals surface area contributed by atoms with E-state index in [1.165, 1.54) is 19.3 Å². The van der Waals surface area contributed by atoms with E-state index in [2.05, 4.69) is 26.5 Å². The van der Waals surface area contributed by atoms with Crippen LogP contribution in [-0.2, 0) is 9.53 Å². The van der Waals surface area contributed by atoms with Crippen LogP contribution in [0.4, 0.5) is 17.1 Å². The summed E-state index contributed by atoms with van der Waals surface area (Å²) in [4.78, 5) is 31.7. The Morgan fingerprint density at radius 3 is 2.12 bits per heavy atom. The van der Waals surface area contributed by atoms with Crippen molar-refractivity contribution in [2.45, 2.75) is 38.5 Å². The van der Waals surface area contributed by atoms with Gasteiger partial charge in [-0.2, -0.15) is 0 Å². The van der Waals surface area contributed by atoms with Crippen molar-refractivity contribution >= 4 is 28.9 Å². The molecule has 2 amide bonds. The molecule has 1 aliphatic heterocycles. The maximum absolute atomic E-state index is 13.7. The van der Waals surface area contributed by atoms with Gasteiger partial charge in [0.1, 0.15) is 5.75 Å². The third-order valence-electron chi connectivity index (χ3n) is 9.66. The maximum atomic E-state index is 13.7. The van der Waals surface area contributed by atoms with Gasteiger partial charge in [-0.15, -0.1) is 0 Å². The minimum Gasteiger partial charge on any atom is -0.495 e. The summed E-state index contributed by atoms with van der Waals surface area (Å²) in [5.74, 6) is 2.98. The number of nitrogens with zero attached hydrogens (tertiary/aromatic N) is 2. The van der Waals surface area contributed by atoms with Gasteiger partial charge in [-0.3, -0.25) is 9.59 Å². The molecule has 1 heterocycles. The van der Waals surface area contributed by atoms with Crippen molar-refractivity contribution < 1.29 is 19.1 Å². The molecule has 0 unspecified atom stereocenters. The number of anilines is 3. The van der Waals surface area contributed by atoms with Crippen molar-refractivity contribution in [3.05, 3.63) is 48.0 Å². The molecule has 5 fully saturated rings. The van der Waals surface area contributed by atoms with E-state index in [1.54, 1.807) is 14.2 Å². The molecule has 5 aliphatic rings. The maximum Gasteiger partial charge on any atom is 0.253 e. The summed E-state index contributed by atoms with van der Waals surface area (Å²) < 4.78 is 10.7. The molecule has 2 aromatic carbocycles. The van der Waals surface area contributed by atoms with Crippen molar-refractivity contribution in [3.8, 4) is 5.75 Å². The number of carbonyl (C=O) groups excluding carboxylic acids is 2. The highest BCUT2D eigenvalue weighted by atomic mass is 16.5. The molecule has 1 saturated heterocycles. The van der Waals surface area contributed by atoms with Gasteiger partial charge < -0.3 is 29.9 Å². The van der Waals surface area contributed by atoms with Crippen molar-refractivity contribution in [2.24, 2.45) is 23.2 Å². The molecule has 4 bridgehead atoms. The first-order valence-electron chi connectivity index (χ1n) is 14.8. The van der Waals surface area contributed by atoms with Crippen LogP contribution in [0.15, 0.2) is 42.5 Å². The zero-order valence-electron chi connectivity index (χ0n) is 23.8. The first-order valence-corrected chi connectivity index (χ1v) is 14.8. The number of methoxy groups -OCH3 is 2. The Balaban J connectivity index is 1.20. The number of rotatable bonds is 9. The fraction of sp³-hybridized carbons (Fsp3) is 0.562. The third-order valence-corrected chi connectivity index (χ3v) is 9.66. The number of carbonyl (C=O) groups is 2. The van der Waals surface area contributed by atoms with Gasteiger partial charge in [0, 0.05) is 51.2 Å². The van der Waals surface area contributed by atoms with Crippen molar-refractivity contribution in [3.63, 3.8) is 0 Å². The van der Waals surface area contributed by atoms with Gasteiger partial charge >= 0.3 is 0 Å². The van der Waals surface area contributed by atoms with Crippen LogP contribution in [0.5, 0.6) is 5.75 Å². The van der Waals surface area contributed by atoms with Crippen LogP contribution in [0, 0.1) is 23.2 Å². The number of nitrogens with one attached hydrogen (secondary N) is 2. The Labute approximate surface area is 237 Å². The summed E-state index contributed by atoms with van der Waals surface area (Å²) in [5.41, 5.74) is 3.04. The average molecular weight is 547 g/mol. The third kappa shape index (κ3) is 5.26. The van der Waals surface area contributed by atoms with Gasteiger partial charge in [0.25, 0.3) is 5.91 Å². The molecule has 0 atom stereocenters. The Kier molecular flexibility index (Phi) is 7.62. The second-order valence-electron chi connectivity index (χ2n) is 12.3. The molecule has 0 aromatic heterocycles. The summed E-state index contributed by atoms with van der Waals surface area (Å²) in [6, 6.07) is 13.9. The number of benzene rings is 2. The lowest BCUT2D eigenvalue weighted by Gasteiger charge is -2.55. The molecule has 8 nitrogen and oxygen atoms in total. The van der Waals surface area contributed by atoms with Crippen LogP contribution in [0.3, 0.4) is 0 Å². The van der Waals surface area contributed by atoms with Gasteiger partial charge in [-0.25, -0.2) is 0 Å². The minimum atomic E-state index is -0.233. The second kappa shape index (κ2) is 11.3. The van der Waals surface area contributed by atoms with E-state index in [9.17, 15) is 9.59 Å². The summed E-state index contributed by atoms with van der Waals surface area (Å²) >= 11 is 0. The molecule has 4 saturated carbocycles. The first-order chi connectivity index (χ1) is 19.5. The lowest BCUT2D eigenvalue weighted by atomic mass is 9.49. The molecular formula is C32H42N4O4. The zero-order chi connectivity index (χ0) is 27.7. The van der Waals surface area contributed by atoms with E-state index in [4.69, 9.17) is 9.47 Å². The highest BCUT2D eigenvalue weighted by Crippen LogP contribution is 2.60. The topological polar surface area (TPSA) is 83.1 Å². The second-order valence-corrected chi connectivity index (χ2v) is 12.3. The summed E-state index contributed by atoms with van der Waals surface area (Å²) in [6.45, 7) is 4.05. The summed E-state index contributed by atoms with van der Waals surface area (Å²) in [6.07, 6.45) is 6.96. The summed E-state index contributed by atoms with van der Waals surface area (Å²) in [7, 11) is 3.33. The standard InChI is InChI=1S/C32H42N4O4/c1-39-14-9-33-30(37)26-18-25(34-31(38)32-19-22-15-23(20-32)17-24(16-22)21-32)7-8-27(26)35-10-12-36(13-11-35)28-5-3-4-6-29(28)40-2/h3-8,18,22-24H,9-17,19-21H2,1-2H3,(H,33,37)(H,34,38). The highest BCUT2D eigenvalue weighted by Gasteiger charge is 2.54. The lowest BCUT2D eigenvalue weighted by Crippen LogP contribution is -2.51. The van der Waals surface area contributed by atoms with Crippen LogP contribution in [0.1, 0.15) is 48.9 Å². The van der Waals surface area contributed by atoms with E-state index in [0.717, 1.165) is 62.6 Å². The van der Waals surface area contributed by atoms with E-state index in [0.29, 0.717) is 42.2 Å². The summed E-state index contributed by atoms with van der Waals surface area (Å²) in [5, 5.41) is 6.24. The number of hydrogen-bond acceptors (Lipinski definition) is 6. The van der Waals surface area contributed by atoms with E-state index in [1.807, 2.05) is 36.4 Å². The highest BCUT2D eigenvalue weighted by molar-refractivity contribution is 6.03. The van der Waals surface area contributed by atoms with Crippen molar-refractivity contribution in [1.82, 2.24) is 5.32 Å². The molecule has 0 spiro atoms. The van der Waals surface area contributed by atoms with E-state index < -0.39 is 0 Å². The smallest absolute Gasteiger partial charge is 0.253 e. The SMILES string of the molecule is COCCNC(=O)c1cc(NC(=O)C23CC4CC(CC(C4)C2)C3)ccc1N1CCN(c2ccccc2OC)CC1.